The van der Waals surface area contributed by atoms with E-state index < -0.39 is 0 Å². The van der Waals surface area contributed by atoms with Crippen LogP contribution in [-0.4, -0.2) is 28.2 Å². The first-order valence-electron chi connectivity index (χ1n) is 8.51. The van der Waals surface area contributed by atoms with Gasteiger partial charge in [0.1, 0.15) is 11.6 Å². The Kier molecular flexibility index (Phi) is 7.40. The van der Waals surface area contributed by atoms with Crippen LogP contribution >= 0.6 is 12.2 Å². The lowest BCUT2D eigenvalue weighted by atomic mass is 10.3. The van der Waals surface area contributed by atoms with Gasteiger partial charge in [0.2, 0.25) is 5.95 Å². The number of nitrogens with zero attached hydrogens (tertiary/aromatic N) is 2. The van der Waals surface area contributed by atoms with Crippen molar-refractivity contribution in [2.45, 2.75) is 33.6 Å². The highest BCUT2D eigenvalue weighted by atomic mass is 32.1. The van der Waals surface area contributed by atoms with Crippen molar-refractivity contribution in [2.75, 3.05) is 23.8 Å². The smallest absolute Gasteiger partial charge is 0.231 e. The van der Waals surface area contributed by atoms with Crippen molar-refractivity contribution >= 4 is 34.8 Å². The molecular formula is C18H25N5OS. The van der Waals surface area contributed by atoms with Crippen LogP contribution in [0.5, 0.6) is 5.75 Å². The average molecular weight is 359 g/mol. The first kappa shape index (κ1) is 18.9. The Hall–Kier alpha value is -2.41. The second kappa shape index (κ2) is 9.78. The van der Waals surface area contributed by atoms with Crippen LogP contribution in [0.4, 0.5) is 17.5 Å². The van der Waals surface area contributed by atoms with E-state index in [1.807, 2.05) is 44.2 Å². The monoisotopic (exact) mass is 359 g/mol. The minimum Gasteiger partial charge on any atom is -0.494 e. The lowest BCUT2D eigenvalue weighted by Gasteiger charge is -2.12. The summed E-state index contributed by atoms with van der Waals surface area (Å²) in [5.41, 5.74) is 1.78. The zero-order valence-corrected chi connectivity index (χ0v) is 15.7. The number of aryl methyl sites for hydroxylation is 1. The third-order valence-corrected chi connectivity index (χ3v) is 3.58. The van der Waals surface area contributed by atoms with Crippen LogP contribution in [0.2, 0.25) is 0 Å². The zero-order chi connectivity index (χ0) is 18.1. The highest BCUT2D eigenvalue weighted by Crippen LogP contribution is 2.20. The van der Waals surface area contributed by atoms with Crippen LogP contribution in [0.15, 0.2) is 30.3 Å². The van der Waals surface area contributed by atoms with E-state index in [-0.39, 0.29) is 0 Å². The lowest BCUT2D eigenvalue weighted by molar-refractivity contribution is 0.340. The summed E-state index contributed by atoms with van der Waals surface area (Å²) in [6, 6.07) is 9.63. The Balaban J connectivity index is 2.01. The average Bonchev–Trinajstić information content (AvgIpc) is 2.56. The fourth-order valence-electron chi connectivity index (χ4n) is 2.16. The van der Waals surface area contributed by atoms with Crippen molar-refractivity contribution in [2.24, 2.45) is 0 Å². The van der Waals surface area contributed by atoms with Crippen molar-refractivity contribution in [3.05, 3.63) is 36.0 Å². The molecule has 0 fully saturated rings. The van der Waals surface area contributed by atoms with Gasteiger partial charge in [-0.15, -0.1) is 0 Å². The summed E-state index contributed by atoms with van der Waals surface area (Å²) < 4.78 is 5.45. The van der Waals surface area contributed by atoms with Crippen molar-refractivity contribution in [1.29, 1.82) is 0 Å². The molecule has 0 radical (unpaired) electrons. The maximum atomic E-state index is 5.45. The van der Waals surface area contributed by atoms with Gasteiger partial charge in [0, 0.05) is 24.0 Å². The van der Waals surface area contributed by atoms with Gasteiger partial charge < -0.3 is 20.7 Å². The topological polar surface area (TPSA) is 71.1 Å². The van der Waals surface area contributed by atoms with Crippen LogP contribution in [0.25, 0.3) is 0 Å². The Morgan fingerprint density at radius 1 is 1.16 bits per heavy atom. The molecule has 0 bridgehead atoms. The minimum atomic E-state index is 0.474. The lowest BCUT2D eigenvalue weighted by Crippen LogP contribution is -2.30. The SMILES string of the molecule is CCCCNC(=S)Nc1nc(C)cc(Nc2ccc(OCC)cc2)n1. The molecule has 134 valence electrons. The standard InChI is InChI=1S/C18H25N5OS/c1-4-6-11-19-18(25)23-17-20-13(3)12-16(22-17)21-14-7-9-15(10-8-14)24-5-2/h7-10,12H,4-6,11H2,1-3H3,(H3,19,20,21,22,23,25). The van der Waals surface area contributed by atoms with Gasteiger partial charge >= 0.3 is 0 Å². The molecular weight excluding hydrogens is 334 g/mol. The van der Waals surface area contributed by atoms with Crippen molar-refractivity contribution in [3.63, 3.8) is 0 Å². The van der Waals surface area contributed by atoms with E-state index in [1.165, 1.54) is 0 Å². The summed E-state index contributed by atoms with van der Waals surface area (Å²) >= 11 is 5.27. The predicted molar refractivity (Wildman–Crippen MR) is 107 cm³/mol. The molecule has 0 aliphatic heterocycles. The van der Waals surface area contributed by atoms with Gasteiger partial charge in [-0.05, 0) is 56.8 Å². The maximum Gasteiger partial charge on any atom is 0.231 e. The molecule has 0 saturated heterocycles. The molecule has 0 spiro atoms. The molecule has 2 rings (SSSR count). The second-order valence-corrected chi connectivity index (χ2v) is 5.94. The number of benzene rings is 1. The number of hydrogen-bond acceptors (Lipinski definition) is 5. The molecule has 25 heavy (non-hydrogen) atoms. The van der Waals surface area contributed by atoms with Gasteiger partial charge in [-0.3, -0.25) is 0 Å². The van der Waals surface area contributed by atoms with E-state index >= 15 is 0 Å². The van der Waals surface area contributed by atoms with Crippen LogP contribution in [-0.2, 0) is 0 Å². The van der Waals surface area contributed by atoms with Crippen molar-refractivity contribution in [1.82, 2.24) is 15.3 Å². The number of unbranched alkanes of at least 4 members (excludes halogenated alkanes) is 1. The number of aromatic nitrogens is 2. The Morgan fingerprint density at radius 3 is 2.60 bits per heavy atom. The fraction of sp³-hybridized carbons (Fsp3) is 0.389. The molecule has 7 heteroatoms. The van der Waals surface area contributed by atoms with E-state index in [4.69, 9.17) is 17.0 Å². The molecule has 0 amide bonds. The van der Waals surface area contributed by atoms with E-state index in [0.29, 0.717) is 23.5 Å². The van der Waals surface area contributed by atoms with Crippen LogP contribution < -0.4 is 20.7 Å². The maximum absolute atomic E-state index is 5.45. The first-order chi connectivity index (χ1) is 12.1. The molecule has 0 aliphatic carbocycles. The third-order valence-electron chi connectivity index (χ3n) is 3.33. The summed E-state index contributed by atoms with van der Waals surface area (Å²) in [5, 5.41) is 9.98. The molecule has 0 aliphatic rings. The van der Waals surface area contributed by atoms with E-state index in [0.717, 1.165) is 36.5 Å². The Morgan fingerprint density at radius 2 is 1.92 bits per heavy atom. The van der Waals surface area contributed by atoms with Crippen molar-refractivity contribution in [3.8, 4) is 5.75 Å². The largest absolute Gasteiger partial charge is 0.494 e. The minimum absolute atomic E-state index is 0.474. The van der Waals surface area contributed by atoms with E-state index in [1.54, 1.807) is 0 Å². The zero-order valence-electron chi connectivity index (χ0n) is 14.9. The summed E-state index contributed by atoms with van der Waals surface area (Å²) in [4.78, 5) is 8.84. The number of rotatable bonds is 8. The third kappa shape index (κ3) is 6.54. The van der Waals surface area contributed by atoms with Crippen LogP contribution in [0, 0.1) is 6.92 Å². The molecule has 3 N–H and O–H groups in total. The summed E-state index contributed by atoms with van der Waals surface area (Å²) in [5.74, 6) is 2.02. The number of anilines is 3. The molecule has 0 unspecified atom stereocenters. The Labute approximate surface area is 154 Å². The summed E-state index contributed by atoms with van der Waals surface area (Å²) in [7, 11) is 0. The fourth-order valence-corrected chi connectivity index (χ4v) is 2.36. The molecule has 1 aromatic heterocycles. The molecule has 1 aromatic carbocycles. The number of hydrogen-bond donors (Lipinski definition) is 3. The highest BCUT2D eigenvalue weighted by molar-refractivity contribution is 7.80. The normalized spacial score (nSPS) is 10.2. The summed E-state index contributed by atoms with van der Waals surface area (Å²) in [6.07, 6.45) is 2.19. The quantitative estimate of drug-likeness (QED) is 0.486. The molecule has 2 aromatic rings. The molecule has 6 nitrogen and oxygen atoms in total. The Bertz CT molecular complexity index is 690. The number of ether oxygens (including phenoxy) is 1. The van der Waals surface area contributed by atoms with Gasteiger partial charge in [0.15, 0.2) is 5.11 Å². The van der Waals surface area contributed by atoms with Gasteiger partial charge in [-0.2, -0.15) is 4.98 Å². The summed E-state index contributed by atoms with van der Waals surface area (Å²) in [6.45, 7) is 7.51. The van der Waals surface area contributed by atoms with E-state index in [9.17, 15) is 0 Å². The van der Waals surface area contributed by atoms with Gasteiger partial charge in [0.05, 0.1) is 6.61 Å². The number of thiocarbonyl (C=S) groups is 1. The van der Waals surface area contributed by atoms with Gasteiger partial charge in [-0.1, -0.05) is 13.3 Å². The van der Waals surface area contributed by atoms with Crippen LogP contribution in [0.3, 0.4) is 0 Å². The molecule has 0 atom stereocenters. The highest BCUT2D eigenvalue weighted by Gasteiger charge is 2.05. The number of nitrogens with one attached hydrogen (secondary N) is 3. The molecule has 1 heterocycles. The second-order valence-electron chi connectivity index (χ2n) is 5.54. The van der Waals surface area contributed by atoms with Gasteiger partial charge in [-0.25, -0.2) is 4.98 Å². The van der Waals surface area contributed by atoms with Crippen LogP contribution in [0.1, 0.15) is 32.4 Å². The predicted octanol–water partition coefficient (Wildman–Crippen LogP) is 4.01. The first-order valence-corrected chi connectivity index (χ1v) is 8.92. The molecule has 0 saturated carbocycles. The van der Waals surface area contributed by atoms with Gasteiger partial charge in [0.25, 0.3) is 0 Å². The van der Waals surface area contributed by atoms with Crippen molar-refractivity contribution < 1.29 is 4.74 Å². The van der Waals surface area contributed by atoms with E-state index in [2.05, 4.69) is 32.8 Å².